The number of benzene rings is 2. The first-order valence-electron chi connectivity index (χ1n) is 10.2. The van der Waals surface area contributed by atoms with Crippen molar-refractivity contribution < 1.29 is 13.9 Å². The van der Waals surface area contributed by atoms with Gasteiger partial charge >= 0.3 is 0 Å². The van der Waals surface area contributed by atoms with Crippen LogP contribution in [-0.4, -0.2) is 42.4 Å². The number of ether oxygens (including phenoxy) is 1. The fourth-order valence-electron chi connectivity index (χ4n) is 3.58. The Hall–Kier alpha value is -4.80. The van der Waals surface area contributed by atoms with Crippen LogP contribution < -0.4 is 15.8 Å². The molecule has 0 aliphatic carbocycles. The third-order valence-corrected chi connectivity index (χ3v) is 5.32. The van der Waals surface area contributed by atoms with Gasteiger partial charge < -0.3 is 15.8 Å². The number of nitrogen functional groups attached to an aromatic ring is 1. The molecule has 3 aromatic heterocycles. The Kier molecular flexibility index (Phi) is 5.13. The molecule has 0 fully saturated rings. The summed E-state index contributed by atoms with van der Waals surface area (Å²) in [6, 6.07) is 9.49. The average Bonchev–Trinajstić information content (AvgIpc) is 3.49. The van der Waals surface area contributed by atoms with Crippen molar-refractivity contribution in [3.8, 4) is 22.7 Å². The molecule has 0 saturated carbocycles. The predicted octanol–water partition coefficient (Wildman–Crippen LogP) is 3.27. The van der Waals surface area contributed by atoms with E-state index in [1.54, 1.807) is 59.0 Å². The number of carbonyl (C=O) groups excluding carboxylic acids is 1. The quantitative estimate of drug-likeness (QED) is 0.414. The molecule has 0 atom stereocenters. The predicted molar refractivity (Wildman–Crippen MR) is 123 cm³/mol. The highest BCUT2D eigenvalue weighted by molar-refractivity contribution is 6.04. The van der Waals surface area contributed by atoms with Crippen molar-refractivity contribution in [3.05, 3.63) is 78.3 Å². The molecule has 10 nitrogen and oxygen atoms in total. The number of anilines is 2. The van der Waals surface area contributed by atoms with E-state index in [1.165, 1.54) is 25.6 Å². The Morgan fingerprint density at radius 3 is 2.82 bits per heavy atom. The minimum atomic E-state index is -0.557. The number of nitrogens with two attached hydrogens (primary N) is 1. The van der Waals surface area contributed by atoms with Crippen molar-refractivity contribution >= 4 is 23.1 Å². The van der Waals surface area contributed by atoms with E-state index in [-0.39, 0.29) is 11.5 Å². The molecule has 11 heteroatoms. The van der Waals surface area contributed by atoms with Crippen molar-refractivity contribution in [3.63, 3.8) is 0 Å². The summed E-state index contributed by atoms with van der Waals surface area (Å²) >= 11 is 0. The van der Waals surface area contributed by atoms with Crippen LogP contribution in [0.3, 0.4) is 0 Å². The van der Waals surface area contributed by atoms with E-state index in [1.807, 2.05) is 0 Å². The maximum Gasteiger partial charge on any atom is 0.255 e. The second-order valence-corrected chi connectivity index (χ2v) is 7.50. The number of fused-ring (bicyclic) bond motifs is 1. The van der Waals surface area contributed by atoms with Crippen LogP contribution in [0, 0.1) is 12.7 Å². The van der Waals surface area contributed by atoms with Gasteiger partial charge in [-0.2, -0.15) is 10.2 Å². The summed E-state index contributed by atoms with van der Waals surface area (Å²) in [4.78, 5) is 20.9. The first kappa shape index (κ1) is 21.1. The maximum atomic E-state index is 14.7. The third kappa shape index (κ3) is 3.68. The lowest BCUT2D eigenvalue weighted by molar-refractivity contribution is 0.102. The minimum Gasteiger partial charge on any atom is -0.497 e. The number of amides is 1. The van der Waals surface area contributed by atoms with E-state index in [0.717, 1.165) is 5.56 Å². The maximum absolute atomic E-state index is 14.7. The Labute approximate surface area is 192 Å². The molecule has 3 heterocycles. The number of nitrogens with one attached hydrogen (secondary N) is 1. The largest absolute Gasteiger partial charge is 0.497 e. The fraction of sp³-hybridized carbons (Fsp3) is 0.0870. The second kappa shape index (κ2) is 8.28. The fourth-order valence-corrected chi connectivity index (χ4v) is 3.58. The average molecular weight is 458 g/mol. The van der Waals surface area contributed by atoms with Gasteiger partial charge in [-0.25, -0.2) is 23.6 Å². The molecular weight excluding hydrogens is 439 g/mol. The molecule has 3 N–H and O–H groups in total. The number of aromatic nitrogens is 6. The molecule has 0 spiro atoms. The zero-order valence-corrected chi connectivity index (χ0v) is 18.2. The normalized spacial score (nSPS) is 11.0. The Morgan fingerprint density at radius 2 is 2.00 bits per heavy atom. The Bertz CT molecular complexity index is 1540. The lowest BCUT2D eigenvalue weighted by Gasteiger charge is -2.12. The highest BCUT2D eigenvalue weighted by Gasteiger charge is 2.16. The summed E-state index contributed by atoms with van der Waals surface area (Å²) in [5.41, 5.74) is 9.28. The number of hydrogen-bond donors (Lipinski definition) is 2. The van der Waals surface area contributed by atoms with E-state index in [0.29, 0.717) is 33.9 Å². The number of imidazole rings is 1. The van der Waals surface area contributed by atoms with Gasteiger partial charge in [-0.15, -0.1) is 0 Å². The van der Waals surface area contributed by atoms with Crippen LogP contribution in [0.15, 0.2) is 61.3 Å². The smallest absolute Gasteiger partial charge is 0.255 e. The lowest BCUT2D eigenvalue weighted by atomic mass is 10.1. The molecular formula is C23H19FN8O2. The molecule has 34 heavy (non-hydrogen) atoms. The van der Waals surface area contributed by atoms with Gasteiger partial charge in [0.15, 0.2) is 11.5 Å². The number of carbonyl (C=O) groups is 1. The SMILES string of the molecule is COc1cccc(C(=O)Nc2cc(-n3cc(-c4cnc5c(N)ncnn45)cn3)c(C)cc2F)c1. The minimum absolute atomic E-state index is 0.0285. The van der Waals surface area contributed by atoms with Gasteiger partial charge in [0.05, 0.1) is 36.6 Å². The highest BCUT2D eigenvalue weighted by atomic mass is 19.1. The van der Waals surface area contributed by atoms with Crippen LogP contribution in [0.1, 0.15) is 15.9 Å². The zero-order valence-electron chi connectivity index (χ0n) is 18.2. The molecule has 0 saturated heterocycles. The Balaban J connectivity index is 1.48. The molecule has 0 unspecified atom stereocenters. The number of aryl methyl sites for hydroxylation is 1. The summed E-state index contributed by atoms with van der Waals surface area (Å²) in [6.45, 7) is 1.76. The number of methoxy groups -OCH3 is 1. The van der Waals surface area contributed by atoms with Crippen molar-refractivity contribution in [2.75, 3.05) is 18.2 Å². The van der Waals surface area contributed by atoms with Crippen LogP contribution in [0.25, 0.3) is 22.6 Å². The van der Waals surface area contributed by atoms with E-state index in [2.05, 4.69) is 25.5 Å². The molecule has 0 bridgehead atoms. The Morgan fingerprint density at radius 1 is 1.15 bits per heavy atom. The molecule has 0 aliphatic heterocycles. The second-order valence-electron chi connectivity index (χ2n) is 7.50. The summed E-state index contributed by atoms with van der Waals surface area (Å²) in [5.74, 6) is -0.226. The van der Waals surface area contributed by atoms with E-state index < -0.39 is 11.7 Å². The van der Waals surface area contributed by atoms with Gasteiger partial charge in [-0.1, -0.05) is 6.07 Å². The molecule has 0 aliphatic rings. The highest BCUT2D eigenvalue weighted by Crippen LogP contribution is 2.27. The topological polar surface area (TPSA) is 125 Å². The van der Waals surface area contributed by atoms with Gasteiger partial charge in [0.2, 0.25) is 0 Å². The van der Waals surface area contributed by atoms with Crippen molar-refractivity contribution in [2.45, 2.75) is 6.92 Å². The van der Waals surface area contributed by atoms with Crippen molar-refractivity contribution in [2.24, 2.45) is 0 Å². The van der Waals surface area contributed by atoms with Gasteiger partial charge in [0.1, 0.15) is 17.9 Å². The molecule has 170 valence electrons. The van der Waals surface area contributed by atoms with Crippen LogP contribution in [0.5, 0.6) is 5.75 Å². The van der Waals surface area contributed by atoms with Crippen molar-refractivity contribution in [1.29, 1.82) is 0 Å². The number of rotatable bonds is 5. The number of nitrogens with zero attached hydrogens (tertiary/aromatic N) is 6. The number of halogens is 1. The first-order valence-corrected chi connectivity index (χ1v) is 10.2. The van der Waals surface area contributed by atoms with Gasteiger partial charge in [-0.3, -0.25) is 4.79 Å². The molecule has 1 amide bonds. The van der Waals surface area contributed by atoms with Crippen LogP contribution in [0.2, 0.25) is 0 Å². The summed E-state index contributed by atoms with van der Waals surface area (Å²) < 4.78 is 23.0. The van der Waals surface area contributed by atoms with Gasteiger partial charge in [0.25, 0.3) is 5.91 Å². The molecule has 5 aromatic rings. The van der Waals surface area contributed by atoms with Crippen LogP contribution >= 0.6 is 0 Å². The van der Waals surface area contributed by atoms with Gasteiger partial charge in [0, 0.05) is 17.3 Å². The van der Waals surface area contributed by atoms with Gasteiger partial charge in [-0.05, 0) is 42.8 Å². The van der Waals surface area contributed by atoms with Crippen LogP contribution in [0.4, 0.5) is 15.9 Å². The summed E-state index contributed by atoms with van der Waals surface area (Å²) in [7, 11) is 1.51. The molecule has 5 rings (SSSR count). The lowest BCUT2D eigenvalue weighted by Crippen LogP contribution is -2.14. The molecule has 2 aromatic carbocycles. The first-order chi connectivity index (χ1) is 16.4. The van der Waals surface area contributed by atoms with Crippen molar-refractivity contribution in [1.82, 2.24) is 29.4 Å². The van der Waals surface area contributed by atoms with E-state index in [9.17, 15) is 9.18 Å². The summed E-state index contributed by atoms with van der Waals surface area (Å²) in [5, 5.41) is 11.2. The third-order valence-electron chi connectivity index (χ3n) is 5.32. The monoisotopic (exact) mass is 458 g/mol. The summed E-state index contributed by atoms with van der Waals surface area (Å²) in [6.07, 6.45) is 6.37. The number of hydrogen-bond acceptors (Lipinski definition) is 7. The zero-order chi connectivity index (χ0) is 23.8. The standard InChI is InChI=1S/C23H19FN8O2/c1-13-6-17(24)18(30-23(33)14-4-3-5-16(7-14)34-2)8-19(13)31-11-15(9-28-31)20-10-26-22-21(25)27-12-29-32(20)22/h3-12H,1-2H3,(H,30,33)(H2,25,27,29). The van der Waals surface area contributed by atoms with E-state index >= 15 is 0 Å². The van der Waals surface area contributed by atoms with E-state index in [4.69, 9.17) is 10.5 Å². The molecule has 0 radical (unpaired) electrons. The van der Waals surface area contributed by atoms with Crippen LogP contribution in [-0.2, 0) is 0 Å².